The molecule has 2 nitrogen and oxygen atoms in total. The Kier molecular flexibility index (Phi) is 7.87. The minimum atomic E-state index is -2.77. The number of fused-ring (bicyclic) bond motifs is 6. The summed E-state index contributed by atoms with van der Waals surface area (Å²) in [6.07, 6.45) is 0. The topological polar surface area (TPSA) is 9.86 Å². The highest BCUT2D eigenvalue weighted by atomic mass is 28.3. The quantitative estimate of drug-likeness (QED) is 0.117. The highest BCUT2D eigenvalue weighted by molar-refractivity contribution is 7.19. The van der Waals surface area contributed by atoms with E-state index in [4.69, 9.17) is 0 Å². The molecule has 2 heterocycles. The van der Waals surface area contributed by atoms with Crippen molar-refractivity contribution in [3.63, 3.8) is 0 Å². The van der Waals surface area contributed by atoms with Gasteiger partial charge in [-0.2, -0.15) is 0 Å². The van der Waals surface area contributed by atoms with E-state index in [1.54, 1.807) is 0 Å². The van der Waals surface area contributed by atoms with Crippen LogP contribution >= 0.6 is 0 Å². The second-order valence-electron chi connectivity index (χ2n) is 17.9. The first-order chi connectivity index (χ1) is 32.3. The maximum absolute atomic E-state index is 2.77. The van der Waals surface area contributed by atoms with Crippen LogP contribution in [0.25, 0.3) is 55.0 Å². The van der Waals surface area contributed by atoms with Gasteiger partial charge in [-0.1, -0.05) is 200 Å². The van der Waals surface area contributed by atoms with Crippen LogP contribution < -0.4 is 20.7 Å². The first kappa shape index (κ1) is 36.5. The molecule has 2 bridgehead atoms. The molecule has 2 aromatic heterocycles. The van der Waals surface area contributed by atoms with Gasteiger partial charge >= 0.3 is 0 Å². The number of aromatic nitrogens is 2. The Labute approximate surface area is 378 Å². The van der Waals surface area contributed by atoms with E-state index in [0.717, 1.165) is 5.69 Å². The minimum absolute atomic E-state index is 0.175. The zero-order chi connectivity index (χ0) is 42.6. The number of para-hydroxylation sites is 2. The number of benzene rings is 10. The average Bonchev–Trinajstić information content (AvgIpc) is 3.91. The summed E-state index contributed by atoms with van der Waals surface area (Å²) in [6, 6.07) is 91.4. The fourth-order valence-corrected chi connectivity index (χ4v) is 17.2. The third-order valence-corrected chi connectivity index (χ3v) is 19.6. The molecule has 15 rings (SSSR count). The van der Waals surface area contributed by atoms with Crippen molar-refractivity contribution in [2.24, 2.45) is 0 Å². The maximum Gasteiger partial charge on any atom is 0.179 e. The summed E-state index contributed by atoms with van der Waals surface area (Å²) in [6.45, 7) is 0. The molecule has 0 fully saturated rings. The van der Waals surface area contributed by atoms with E-state index in [1.165, 1.54) is 103 Å². The lowest BCUT2D eigenvalue weighted by molar-refractivity contribution is 0.761. The normalized spacial score (nSPS) is 15.1. The zero-order valence-corrected chi connectivity index (χ0v) is 36.6. The number of hydrogen-bond acceptors (Lipinski definition) is 0. The summed E-state index contributed by atoms with van der Waals surface area (Å²) in [7, 11) is -2.77. The van der Waals surface area contributed by atoms with Crippen LogP contribution in [-0.2, 0) is 0 Å². The molecule has 0 aliphatic heterocycles. The summed E-state index contributed by atoms with van der Waals surface area (Å²) < 4.78 is 5.08. The van der Waals surface area contributed by atoms with E-state index >= 15 is 0 Å². The summed E-state index contributed by atoms with van der Waals surface area (Å²) in [5.74, 6) is 0.396. The van der Waals surface area contributed by atoms with Crippen molar-refractivity contribution in [2.75, 3.05) is 0 Å². The molecule has 0 unspecified atom stereocenters. The molecule has 0 saturated heterocycles. The monoisotopic (exact) mass is 842 g/mol. The SMILES string of the molecule is c1ccc([Si](c2ccccc2)(c2ccccc2)c2cccc(-n3c4ccccc4c4c(-n5c6ccccc6c6c7c(ccc65)C5c6ccccc6C7c6ccccc65)cccc43)c2)cc1. The first-order valence-electron chi connectivity index (χ1n) is 22.8. The van der Waals surface area contributed by atoms with E-state index in [-0.39, 0.29) is 11.8 Å². The Morgan fingerprint density at radius 1 is 0.292 bits per heavy atom. The largest absolute Gasteiger partial charge is 0.309 e. The van der Waals surface area contributed by atoms with Crippen LogP contribution in [0.2, 0.25) is 0 Å². The smallest absolute Gasteiger partial charge is 0.179 e. The molecule has 10 aromatic carbocycles. The Balaban J connectivity index is 1.03. The van der Waals surface area contributed by atoms with Gasteiger partial charge in [-0.15, -0.1) is 0 Å². The summed E-state index contributed by atoms with van der Waals surface area (Å²) in [5, 5.41) is 10.6. The molecule has 0 amide bonds. The summed E-state index contributed by atoms with van der Waals surface area (Å²) in [5.41, 5.74) is 15.9. The van der Waals surface area contributed by atoms with Crippen LogP contribution in [0.1, 0.15) is 45.2 Å². The molecule has 3 aliphatic carbocycles. The molecule has 12 aromatic rings. The summed E-state index contributed by atoms with van der Waals surface area (Å²) >= 11 is 0. The first-order valence-corrected chi connectivity index (χ1v) is 24.8. The van der Waals surface area contributed by atoms with Gasteiger partial charge < -0.3 is 9.13 Å². The fraction of sp³-hybridized carbons (Fsp3) is 0.0323. The third kappa shape index (κ3) is 4.99. The number of nitrogens with zero attached hydrogens (tertiary/aromatic N) is 2. The van der Waals surface area contributed by atoms with Gasteiger partial charge in [0.25, 0.3) is 0 Å². The lowest BCUT2D eigenvalue weighted by Gasteiger charge is -2.42. The fourth-order valence-electron chi connectivity index (χ4n) is 12.4. The van der Waals surface area contributed by atoms with Gasteiger partial charge in [-0.05, 0) is 96.6 Å². The maximum atomic E-state index is 2.57. The van der Waals surface area contributed by atoms with Crippen molar-refractivity contribution in [3.05, 3.63) is 276 Å². The third-order valence-electron chi connectivity index (χ3n) is 14.8. The Bertz CT molecular complexity index is 3700. The van der Waals surface area contributed by atoms with E-state index < -0.39 is 8.07 Å². The van der Waals surface area contributed by atoms with Gasteiger partial charge in [0, 0.05) is 39.1 Å². The molecular formula is C62H42N2Si. The van der Waals surface area contributed by atoms with E-state index in [2.05, 4.69) is 252 Å². The Hall–Kier alpha value is -7.98. The molecule has 304 valence electrons. The molecular weight excluding hydrogens is 801 g/mol. The highest BCUT2D eigenvalue weighted by Gasteiger charge is 2.43. The van der Waals surface area contributed by atoms with Gasteiger partial charge in [0.15, 0.2) is 8.07 Å². The van der Waals surface area contributed by atoms with Crippen LogP contribution in [-0.4, -0.2) is 17.2 Å². The van der Waals surface area contributed by atoms with Gasteiger partial charge in [0.2, 0.25) is 0 Å². The van der Waals surface area contributed by atoms with Crippen LogP contribution in [0.4, 0.5) is 0 Å². The molecule has 0 N–H and O–H groups in total. The van der Waals surface area contributed by atoms with Crippen molar-refractivity contribution < 1.29 is 0 Å². The van der Waals surface area contributed by atoms with Crippen molar-refractivity contribution in [3.8, 4) is 11.4 Å². The van der Waals surface area contributed by atoms with Crippen molar-refractivity contribution in [1.82, 2.24) is 9.13 Å². The second-order valence-corrected chi connectivity index (χ2v) is 21.7. The zero-order valence-electron chi connectivity index (χ0n) is 35.6. The van der Waals surface area contributed by atoms with Crippen molar-refractivity contribution >= 4 is 72.4 Å². The summed E-state index contributed by atoms with van der Waals surface area (Å²) in [4.78, 5) is 0. The van der Waals surface area contributed by atoms with E-state index in [9.17, 15) is 0 Å². The average molecular weight is 843 g/mol. The molecule has 0 saturated carbocycles. The molecule has 65 heavy (non-hydrogen) atoms. The second kappa shape index (κ2) is 14.0. The number of rotatable bonds is 6. The molecule has 0 spiro atoms. The van der Waals surface area contributed by atoms with Crippen LogP contribution in [0.5, 0.6) is 0 Å². The highest BCUT2D eigenvalue weighted by Crippen LogP contribution is 2.58. The van der Waals surface area contributed by atoms with Crippen LogP contribution in [0.3, 0.4) is 0 Å². The van der Waals surface area contributed by atoms with Gasteiger partial charge in [0.05, 0.1) is 27.8 Å². The molecule has 0 atom stereocenters. The van der Waals surface area contributed by atoms with E-state index in [1.807, 2.05) is 0 Å². The van der Waals surface area contributed by atoms with Crippen molar-refractivity contribution in [2.45, 2.75) is 11.8 Å². The lowest BCUT2D eigenvalue weighted by Crippen LogP contribution is -2.74. The van der Waals surface area contributed by atoms with Crippen LogP contribution in [0, 0.1) is 0 Å². The van der Waals surface area contributed by atoms with Crippen molar-refractivity contribution in [1.29, 1.82) is 0 Å². The predicted molar refractivity (Wildman–Crippen MR) is 274 cm³/mol. The van der Waals surface area contributed by atoms with E-state index in [0.29, 0.717) is 0 Å². The van der Waals surface area contributed by atoms with Gasteiger partial charge in [0.1, 0.15) is 0 Å². The Morgan fingerprint density at radius 3 is 1.34 bits per heavy atom. The molecule has 3 aliphatic rings. The van der Waals surface area contributed by atoms with Gasteiger partial charge in [-0.25, -0.2) is 0 Å². The predicted octanol–water partition coefficient (Wildman–Crippen LogP) is 12.2. The Morgan fingerprint density at radius 2 is 0.738 bits per heavy atom. The molecule has 0 radical (unpaired) electrons. The lowest BCUT2D eigenvalue weighted by atomic mass is 9.60. The minimum Gasteiger partial charge on any atom is -0.309 e. The molecule has 3 heteroatoms. The number of hydrogen-bond donors (Lipinski definition) is 0. The standard InChI is InChI=1S/C62H42N2Si/c1-4-21-42(22-5-1)65(43-23-6-2-7-24-43,44-25-8-3-9-26-44)45-27-18-20-41(40-45)63-53-34-16-14-32-50(53)60-55(63)36-19-37-56(60)64-54-35-17-15-33-51(54)61-57(64)39-38-52-58-46-28-10-12-30-48(46)59(62(52)61)49-31-13-11-29-47(49)58/h1-40,58-59H. The van der Waals surface area contributed by atoms with Crippen LogP contribution in [0.15, 0.2) is 243 Å². The van der Waals surface area contributed by atoms with Gasteiger partial charge in [-0.3, -0.25) is 0 Å².